The topological polar surface area (TPSA) is 66.9 Å². The molecule has 22 heavy (non-hydrogen) atoms. The first-order valence-corrected chi connectivity index (χ1v) is 6.72. The summed E-state index contributed by atoms with van der Waals surface area (Å²) >= 11 is 5.92. The van der Waals surface area contributed by atoms with E-state index in [9.17, 15) is 8.87 Å². The van der Waals surface area contributed by atoms with Gasteiger partial charge in [0.05, 0.1) is 17.8 Å². The minimum absolute atomic E-state index is 0.0297. The van der Waals surface area contributed by atoms with Crippen molar-refractivity contribution in [2.75, 3.05) is 11.9 Å². The largest absolute Gasteiger partial charge is 0.345 e. The van der Waals surface area contributed by atoms with Gasteiger partial charge in [0.2, 0.25) is 5.82 Å². The van der Waals surface area contributed by atoms with Gasteiger partial charge in [-0.3, -0.25) is 0 Å². The molecule has 0 saturated heterocycles. The Kier molecular flexibility index (Phi) is 3.86. The molecule has 3 heterocycles. The average molecular weight is 326 g/mol. The summed E-state index contributed by atoms with van der Waals surface area (Å²) in [4.78, 5) is 19.3. The lowest BCUT2D eigenvalue weighted by molar-refractivity contribution is 0.0234. The number of nitrogens with one attached hydrogen (secondary N) is 1. The molecule has 0 bridgehead atoms. The zero-order valence-electron chi connectivity index (χ0n) is 11.3. The number of halogens is 3. The zero-order chi connectivity index (χ0) is 15.7. The molecule has 9 heteroatoms. The monoisotopic (exact) mass is 325 g/mol. The van der Waals surface area contributed by atoms with Gasteiger partial charge in [-0.1, -0.05) is 21.4 Å². The summed E-state index contributed by atoms with van der Waals surface area (Å²) in [5, 5.41) is 0.852. The minimum atomic E-state index is -0.935. The Morgan fingerprint density at radius 1 is 1.36 bits per heavy atom. The van der Waals surface area contributed by atoms with Crippen LogP contribution in [0, 0.1) is 5.82 Å². The van der Waals surface area contributed by atoms with Gasteiger partial charge >= 0.3 is 0 Å². The highest BCUT2D eigenvalue weighted by Crippen LogP contribution is 2.29. The first kappa shape index (κ1) is 14.6. The molecule has 1 N–H and O–H groups in total. The van der Waals surface area contributed by atoms with Crippen LogP contribution in [-0.4, -0.2) is 26.5 Å². The fourth-order valence-electron chi connectivity index (χ4n) is 1.95. The van der Waals surface area contributed by atoms with Crippen LogP contribution in [0.2, 0.25) is 5.02 Å². The highest BCUT2D eigenvalue weighted by molar-refractivity contribution is 6.31. The summed E-state index contributed by atoms with van der Waals surface area (Å²) in [6.45, 7) is 1.60. The van der Waals surface area contributed by atoms with E-state index in [1.807, 2.05) is 0 Å². The Hall–Kier alpha value is -2.32. The van der Waals surface area contributed by atoms with Gasteiger partial charge in [-0.2, -0.15) is 0 Å². The lowest BCUT2D eigenvalue weighted by Gasteiger charge is -2.11. The van der Waals surface area contributed by atoms with Crippen LogP contribution in [0.4, 0.5) is 14.7 Å². The average Bonchev–Trinajstić information content (AvgIpc) is 2.91. The quantitative estimate of drug-likeness (QED) is 0.588. The molecule has 0 aromatic carbocycles. The minimum Gasteiger partial charge on any atom is -0.345 e. The van der Waals surface area contributed by atoms with Crippen LogP contribution in [0.15, 0.2) is 24.7 Å². The summed E-state index contributed by atoms with van der Waals surface area (Å²) in [5.74, 6) is -1.42. The van der Waals surface area contributed by atoms with Gasteiger partial charge in [-0.25, -0.2) is 24.2 Å². The number of rotatable bonds is 4. The molecule has 0 unspecified atom stereocenters. The highest BCUT2D eigenvalue weighted by atomic mass is 35.5. The summed E-state index contributed by atoms with van der Waals surface area (Å²) < 4.78 is 27.3. The normalized spacial score (nSPS) is 11.1. The molecule has 0 aliphatic heterocycles. The van der Waals surface area contributed by atoms with Crippen LogP contribution in [0.25, 0.3) is 22.4 Å². The Balaban J connectivity index is 2.11. The predicted molar refractivity (Wildman–Crippen MR) is 77.3 cm³/mol. The first-order chi connectivity index (χ1) is 10.6. The molecule has 0 aliphatic carbocycles. The van der Waals surface area contributed by atoms with Gasteiger partial charge in [0.1, 0.15) is 5.65 Å². The molecule has 6 nitrogen and oxygen atoms in total. The van der Waals surface area contributed by atoms with Crippen molar-refractivity contribution >= 4 is 28.5 Å². The van der Waals surface area contributed by atoms with E-state index in [0.717, 1.165) is 6.20 Å². The van der Waals surface area contributed by atoms with Crippen molar-refractivity contribution in [1.82, 2.24) is 19.9 Å². The van der Waals surface area contributed by atoms with Gasteiger partial charge in [0, 0.05) is 23.3 Å². The van der Waals surface area contributed by atoms with Crippen LogP contribution in [0.5, 0.6) is 0 Å². The molecular formula is C13H10ClF2N5O. The maximum absolute atomic E-state index is 13.6. The van der Waals surface area contributed by atoms with E-state index in [1.165, 1.54) is 6.20 Å². The summed E-state index contributed by atoms with van der Waals surface area (Å²) in [5.41, 5.74) is 1.09. The summed E-state index contributed by atoms with van der Waals surface area (Å²) in [6.07, 6.45) is 3.95. The Labute approximate surface area is 128 Å². The van der Waals surface area contributed by atoms with E-state index in [4.69, 9.17) is 11.6 Å². The van der Waals surface area contributed by atoms with Gasteiger partial charge in [0.25, 0.3) is 0 Å². The van der Waals surface area contributed by atoms with Crippen LogP contribution in [-0.2, 0) is 4.84 Å². The van der Waals surface area contributed by atoms with Crippen molar-refractivity contribution in [3.8, 4) is 11.4 Å². The number of pyridine rings is 1. The second-order valence-electron chi connectivity index (χ2n) is 4.28. The van der Waals surface area contributed by atoms with Crippen LogP contribution >= 0.6 is 11.6 Å². The fourth-order valence-corrected chi connectivity index (χ4v) is 2.11. The second-order valence-corrected chi connectivity index (χ2v) is 4.72. The molecule has 0 amide bonds. The Bertz CT molecular complexity index is 825. The van der Waals surface area contributed by atoms with E-state index < -0.39 is 11.6 Å². The first-order valence-electron chi connectivity index (χ1n) is 6.34. The second kappa shape index (κ2) is 5.82. The molecule has 0 saturated carbocycles. The van der Waals surface area contributed by atoms with Crippen LogP contribution in [0.1, 0.15) is 6.92 Å². The maximum atomic E-state index is 13.6. The molecular weight excluding hydrogens is 316 g/mol. The third-order valence-electron chi connectivity index (χ3n) is 2.87. The van der Waals surface area contributed by atoms with E-state index in [2.05, 4.69) is 24.8 Å². The van der Waals surface area contributed by atoms with E-state index >= 15 is 0 Å². The Morgan fingerprint density at radius 2 is 2.18 bits per heavy atom. The molecule has 0 aliphatic rings. The highest BCUT2D eigenvalue weighted by Gasteiger charge is 2.18. The van der Waals surface area contributed by atoms with Gasteiger partial charge < -0.3 is 4.98 Å². The van der Waals surface area contributed by atoms with Gasteiger partial charge in [-0.05, 0) is 13.0 Å². The number of nitrogens with zero attached hydrogens (tertiary/aromatic N) is 4. The number of hydrogen-bond acceptors (Lipinski definition) is 5. The SMILES string of the molecule is CCON(F)c1nc(-c2c[nH]c3ncc(Cl)cc23)ncc1F. The third-order valence-corrected chi connectivity index (χ3v) is 3.08. The lowest BCUT2D eigenvalue weighted by atomic mass is 10.2. The van der Waals surface area contributed by atoms with E-state index in [1.54, 1.807) is 19.2 Å². The van der Waals surface area contributed by atoms with Crippen LogP contribution in [0.3, 0.4) is 0 Å². The lowest BCUT2D eigenvalue weighted by Crippen LogP contribution is -2.16. The third kappa shape index (κ3) is 2.58. The zero-order valence-corrected chi connectivity index (χ0v) is 12.1. The molecule has 3 aromatic heterocycles. The van der Waals surface area contributed by atoms with Gasteiger partial charge in [0.15, 0.2) is 11.6 Å². The smallest absolute Gasteiger partial charge is 0.228 e. The van der Waals surface area contributed by atoms with Crippen molar-refractivity contribution in [1.29, 1.82) is 0 Å². The van der Waals surface area contributed by atoms with Crippen molar-refractivity contribution in [2.45, 2.75) is 6.92 Å². The Morgan fingerprint density at radius 3 is 2.95 bits per heavy atom. The van der Waals surface area contributed by atoms with Crippen molar-refractivity contribution in [2.24, 2.45) is 0 Å². The molecule has 0 radical (unpaired) electrons. The maximum Gasteiger partial charge on any atom is 0.228 e. The molecule has 0 atom stereocenters. The molecule has 0 spiro atoms. The van der Waals surface area contributed by atoms with E-state index in [0.29, 0.717) is 21.6 Å². The van der Waals surface area contributed by atoms with Crippen molar-refractivity contribution in [3.63, 3.8) is 0 Å². The number of fused-ring (bicyclic) bond motifs is 1. The van der Waals surface area contributed by atoms with Crippen molar-refractivity contribution in [3.05, 3.63) is 35.5 Å². The number of anilines is 1. The molecule has 114 valence electrons. The van der Waals surface area contributed by atoms with Gasteiger partial charge in [-0.15, -0.1) is 0 Å². The molecule has 3 aromatic rings. The molecule has 0 fully saturated rings. The molecule has 3 rings (SSSR count). The number of aromatic amines is 1. The summed E-state index contributed by atoms with van der Waals surface area (Å²) in [7, 11) is 0. The number of H-pyrrole nitrogens is 1. The van der Waals surface area contributed by atoms with E-state index in [-0.39, 0.29) is 17.7 Å². The van der Waals surface area contributed by atoms with Crippen LogP contribution < -0.4 is 5.29 Å². The summed E-state index contributed by atoms with van der Waals surface area (Å²) in [6, 6.07) is 1.66. The number of aromatic nitrogens is 4. The predicted octanol–water partition coefficient (Wildman–Crippen LogP) is 3.45. The number of hydrogen-bond donors (Lipinski definition) is 1. The van der Waals surface area contributed by atoms with Crippen molar-refractivity contribution < 1.29 is 13.7 Å². The standard InChI is InChI=1S/C13H10ClF2N5O/c1-2-22-21(16)13-10(15)6-19-12(20-13)9-5-18-11-8(9)3-7(14)4-17-11/h3-6H,2H2,1H3,(H,17,18). The fraction of sp³-hybridized carbons (Fsp3) is 0.154.